The molecular formula is C19H10ClF5N4O2. The van der Waals surface area contributed by atoms with E-state index < -0.39 is 63.1 Å². The zero-order valence-corrected chi connectivity index (χ0v) is 16.1. The Morgan fingerprint density at radius 1 is 1.13 bits per heavy atom. The van der Waals surface area contributed by atoms with Crippen molar-refractivity contribution in [2.45, 2.75) is 19.1 Å². The van der Waals surface area contributed by atoms with Crippen LogP contribution in [-0.4, -0.2) is 31.6 Å². The minimum atomic E-state index is -4.87. The number of carboxylic acids is 1. The molecule has 160 valence electrons. The van der Waals surface area contributed by atoms with Crippen molar-refractivity contribution in [3.8, 4) is 5.69 Å². The largest absolute Gasteiger partial charge is 0.475 e. The fourth-order valence-electron chi connectivity index (χ4n) is 3.28. The molecule has 0 spiro atoms. The van der Waals surface area contributed by atoms with Crippen LogP contribution in [0.1, 0.15) is 46.1 Å². The highest BCUT2D eigenvalue weighted by molar-refractivity contribution is 6.37. The minimum Gasteiger partial charge on any atom is -0.475 e. The molecule has 1 aliphatic heterocycles. The van der Waals surface area contributed by atoms with Crippen molar-refractivity contribution in [3.05, 3.63) is 75.3 Å². The average Bonchev–Trinajstić information content (AvgIpc) is 3.07. The number of aliphatic imine (C=N–C) groups is 1. The third-order valence-corrected chi connectivity index (χ3v) is 5.00. The second kappa shape index (κ2) is 7.12. The van der Waals surface area contributed by atoms with E-state index in [1.54, 1.807) is 0 Å². The summed E-state index contributed by atoms with van der Waals surface area (Å²) in [6, 6.07) is 3.56. The lowest BCUT2D eigenvalue weighted by atomic mass is 9.97. The molecule has 1 unspecified atom stereocenters. The summed E-state index contributed by atoms with van der Waals surface area (Å²) in [4.78, 5) is 19.3. The van der Waals surface area contributed by atoms with E-state index in [1.807, 2.05) is 0 Å². The van der Waals surface area contributed by atoms with E-state index in [9.17, 15) is 31.9 Å². The topological polar surface area (TPSA) is 80.4 Å². The monoisotopic (exact) mass is 456 g/mol. The molecule has 0 aliphatic carbocycles. The quantitative estimate of drug-likeness (QED) is 0.560. The summed E-state index contributed by atoms with van der Waals surface area (Å²) >= 11 is 6.09. The van der Waals surface area contributed by atoms with Gasteiger partial charge in [-0.15, -0.1) is 5.10 Å². The molecule has 2 heterocycles. The van der Waals surface area contributed by atoms with Gasteiger partial charge < -0.3 is 5.11 Å². The number of aromatic carboxylic acids is 1. The molecule has 1 N–H and O–H groups in total. The van der Waals surface area contributed by atoms with Crippen molar-refractivity contribution < 1.29 is 31.9 Å². The van der Waals surface area contributed by atoms with Crippen LogP contribution >= 0.6 is 11.6 Å². The van der Waals surface area contributed by atoms with Crippen LogP contribution in [0.15, 0.2) is 35.3 Å². The van der Waals surface area contributed by atoms with Gasteiger partial charge in [0.2, 0.25) is 0 Å². The number of alkyl halides is 3. The highest BCUT2D eigenvalue weighted by Gasteiger charge is 2.38. The van der Waals surface area contributed by atoms with Crippen LogP contribution in [-0.2, 0) is 6.18 Å². The maximum absolute atomic E-state index is 14.6. The van der Waals surface area contributed by atoms with Crippen molar-refractivity contribution in [1.29, 1.82) is 0 Å². The number of benzene rings is 2. The first kappa shape index (κ1) is 20.9. The first-order valence-corrected chi connectivity index (χ1v) is 9.01. The van der Waals surface area contributed by atoms with E-state index in [-0.39, 0.29) is 11.5 Å². The van der Waals surface area contributed by atoms with Crippen LogP contribution in [0.4, 0.5) is 22.0 Å². The molecule has 1 aromatic heterocycles. The first-order chi connectivity index (χ1) is 14.5. The van der Waals surface area contributed by atoms with Crippen molar-refractivity contribution in [2.75, 3.05) is 0 Å². The fourth-order valence-corrected chi connectivity index (χ4v) is 3.63. The van der Waals surface area contributed by atoms with Crippen LogP contribution in [0.25, 0.3) is 5.69 Å². The number of halogens is 6. The van der Waals surface area contributed by atoms with Gasteiger partial charge in [0.15, 0.2) is 5.82 Å². The summed E-state index contributed by atoms with van der Waals surface area (Å²) < 4.78 is 70.6. The van der Waals surface area contributed by atoms with E-state index in [1.165, 1.54) is 6.92 Å². The normalized spacial score (nSPS) is 15.7. The van der Waals surface area contributed by atoms with Crippen molar-refractivity contribution in [3.63, 3.8) is 0 Å². The Hall–Kier alpha value is -3.34. The number of aromatic nitrogens is 3. The van der Waals surface area contributed by atoms with Gasteiger partial charge in [-0.3, -0.25) is 4.99 Å². The lowest BCUT2D eigenvalue weighted by molar-refractivity contribution is -0.137. The first-order valence-electron chi connectivity index (χ1n) is 8.63. The Kier molecular flexibility index (Phi) is 4.80. The molecule has 3 aromatic rings. The lowest BCUT2D eigenvalue weighted by Crippen LogP contribution is -2.16. The van der Waals surface area contributed by atoms with Gasteiger partial charge in [-0.2, -0.15) is 13.2 Å². The number of hydrogen-bond donors (Lipinski definition) is 1. The number of nitrogens with zero attached hydrogens (tertiary/aromatic N) is 4. The van der Waals surface area contributed by atoms with Gasteiger partial charge in [0, 0.05) is 5.56 Å². The lowest BCUT2D eigenvalue weighted by Gasteiger charge is -2.17. The molecule has 6 nitrogen and oxygen atoms in total. The number of carbonyl (C=O) groups is 1. The van der Waals surface area contributed by atoms with Crippen LogP contribution in [0.5, 0.6) is 0 Å². The van der Waals surface area contributed by atoms with Gasteiger partial charge in [-0.1, -0.05) is 17.7 Å². The van der Waals surface area contributed by atoms with Crippen molar-refractivity contribution in [2.24, 2.45) is 4.99 Å². The number of carboxylic acid groups (broad SMARTS) is 1. The predicted molar refractivity (Wildman–Crippen MR) is 98.7 cm³/mol. The molecule has 0 bridgehead atoms. The molecule has 1 aliphatic rings. The molecule has 1 atom stereocenters. The minimum absolute atomic E-state index is 0.0544. The van der Waals surface area contributed by atoms with Crippen LogP contribution in [0.3, 0.4) is 0 Å². The third-order valence-electron chi connectivity index (χ3n) is 4.61. The Labute approximate surface area is 175 Å². The Balaban J connectivity index is 2.13. The smallest absolute Gasteiger partial charge is 0.417 e. The highest BCUT2D eigenvalue weighted by Crippen LogP contribution is 2.41. The second-order valence-electron chi connectivity index (χ2n) is 6.58. The molecular weight excluding hydrogens is 447 g/mol. The van der Waals surface area contributed by atoms with Crippen LogP contribution < -0.4 is 0 Å². The summed E-state index contributed by atoms with van der Waals surface area (Å²) in [5, 5.41) is 12.1. The zero-order chi connectivity index (χ0) is 22.7. The molecule has 31 heavy (non-hydrogen) atoms. The number of fused-ring (bicyclic) bond motifs is 3. The van der Waals surface area contributed by atoms with E-state index in [0.29, 0.717) is 6.07 Å². The van der Waals surface area contributed by atoms with E-state index in [2.05, 4.69) is 15.1 Å². The molecule has 2 aromatic carbocycles. The fraction of sp³-hybridized carbons (Fsp3) is 0.158. The molecule has 4 rings (SSSR count). The molecule has 0 amide bonds. The summed E-state index contributed by atoms with van der Waals surface area (Å²) in [5.41, 5.74) is -3.02. The molecule has 12 heteroatoms. The van der Waals surface area contributed by atoms with Gasteiger partial charge >= 0.3 is 12.1 Å². The molecule has 0 saturated carbocycles. The maximum Gasteiger partial charge on any atom is 0.417 e. The Morgan fingerprint density at radius 2 is 1.77 bits per heavy atom. The molecule has 0 saturated heterocycles. The Bertz CT molecular complexity index is 1250. The highest BCUT2D eigenvalue weighted by atomic mass is 35.5. The standard InChI is InChI=1S/C19H10ClF5N4O2/c1-7-17-27-16(18(30)31)28-29(17)11-6-5-8(19(23,24)25)14(20)13(11)15(26-7)12-9(21)3-2-4-10(12)22/h2-7H,1H3,(H,30,31). The third kappa shape index (κ3) is 3.34. The van der Waals surface area contributed by atoms with Gasteiger partial charge in [-0.25, -0.2) is 23.2 Å². The number of rotatable bonds is 2. The van der Waals surface area contributed by atoms with E-state index in [0.717, 1.165) is 28.9 Å². The molecule has 0 radical (unpaired) electrons. The van der Waals surface area contributed by atoms with Gasteiger partial charge in [-0.05, 0) is 31.2 Å². The van der Waals surface area contributed by atoms with Gasteiger partial charge in [0.05, 0.1) is 27.5 Å². The molecule has 0 fully saturated rings. The summed E-state index contributed by atoms with van der Waals surface area (Å²) in [5.74, 6) is -4.29. The second-order valence-corrected chi connectivity index (χ2v) is 6.96. The van der Waals surface area contributed by atoms with Crippen molar-refractivity contribution in [1.82, 2.24) is 14.8 Å². The average molecular weight is 457 g/mol. The summed E-state index contributed by atoms with van der Waals surface area (Å²) in [6.45, 7) is 1.43. The summed E-state index contributed by atoms with van der Waals surface area (Å²) in [6.07, 6.45) is -4.87. The van der Waals surface area contributed by atoms with Crippen LogP contribution in [0.2, 0.25) is 5.02 Å². The van der Waals surface area contributed by atoms with E-state index in [4.69, 9.17) is 11.6 Å². The SMILES string of the molecule is CC1N=C(c2c(F)cccc2F)c2c(ccc(C(F)(F)F)c2Cl)-n2nc(C(=O)O)nc21. The van der Waals surface area contributed by atoms with Gasteiger partial charge in [0.1, 0.15) is 17.7 Å². The number of hydrogen-bond acceptors (Lipinski definition) is 4. The van der Waals surface area contributed by atoms with Crippen LogP contribution in [0, 0.1) is 11.6 Å². The van der Waals surface area contributed by atoms with E-state index >= 15 is 0 Å². The summed E-state index contributed by atoms with van der Waals surface area (Å²) in [7, 11) is 0. The Morgan fingerprint density at radius 3 is 2.35 bits per heavy atom. The maximum atomic E-state index is 14.6. The predicted octanol–water partition coefficient (Wildman–Crippen LogP) is 4.83. The van der Waals surface area contributed by atoms with Crippen molar-refractivity contribution >= 4 is 23.3 Å². The van der Waals surface area contributed by atoms with Gasteiger partial charge in [0.25, 0.3) is 5.82 Å². The zero-order valence-electron chi connectivity index (χ0n) is 15.4.